The fourth-order valence-electron chi connectivity index (χ4n) is 2.56. The molecular weight excluding hydrogens is 282 g/mol. The molecule has 0 aliphatic carbocycles. The third-order valence-corrected chi connectivity index (χ3v) is 5.94. The van der Waals surface area contributed by atoms with Gasteiger partial charge in [-0.3, -0.25) is 0 Å². The molecular formula is C17H19NO2S. The van der Waals surface area contributed by atoms with Crippen LogP contribution in [-0.2, 0) is 16.4 Å². The van der Waals surface area contributed by atoms with E-state index in [1.807, 2.05) is 31.2 Å². The zero-order valence-electron chi connectivity index (χ0n) is 12.3. The van der Waals surface area contributed by atoms with Gasteiger partial charge in [0.15, 0.2) is 0 Å². The second-order valence-corrected chi connectivity index (χ2v) is 7.56. The van der Waals surface area contributed by atoms with Gasteiger partial charge >= 0.3 is 0 Å². The maximum atomic E-state index is 12.5. The average Bonchev–Trinajstić information content (AvgIpc) is 3.22. The number of hydrogen-bond acceptors (Lipinski definition) is 2. The molecule has 1 heterocycles. The molecule has 0 saturated carbocycles. The van der Waals surface area contributed by atoms with E-state index >= 15 is 0 Å². The van der Waals surface area contributed by atoms with Gasteiger partial charge in [0.1, 0.15) is 0 Å². The van der Waals surface area contributed by atoms with E-state index in [0.29, 0.717) is 11.4 Å². The molecule has 0 bridgehead atoms. The second kappa shape index (κ2) is 5.28. The minimum Gasteiger partial charge on any atom is -0.207 e. The monoisotopic (exact) mass is 301 g/mol. The Balaban J connectivity index is 1.75. The Morgan fingerprint density at radius 2 is 1.71 bits per heavy atom. The normalized spacial score (nSPS) is 21.2. The summed E-state index contributed by atoms with van der Waals surface area (Å²) < 4.78 is 26.6. The lowest BCUT2D eigenvalue weighted by molar-refractivity contribution is 0.551. The Kier molecular flexibility index (Phi) is 3.59. The first-order valence-electron chi connectivity index (χ1n) is 7.11. The van der Waals surface area contributed by atoms with Crippen molar-refractivity contribution in [3.63, 3.8) is 0 Å². The molecule has 2 aromatic rings. The van der Waals surface area contributed by atoms with Crippen molar-refractivity contribution in [1.29, 1.82) is 0 Å². The molecule has 2 atom stereocenters. The van der Waals surface area contributed by atoms with Gasteiger partial charge in [-0.2, -0.15) is 4.31 Å². The van der Waals surface area contributed by atoms with Crippen LogP contribution in [-0.4, -0.2) is 25.3 Å². The topological polar surface area (TPSA) is 37.1 Å². The van der Waals surface area contributed by atoms with E-state index < -0.39 is 10.0 Å². The molecule has 2 aromatic carbocycles. The summed E-state index contributed by atoms with van der Waals surface area (Å²) in [5.74, 6) is 0. The van der Waals surface area contributed by atoms with Crippen LogP contribution in [0, 0.1) is 13.8 Å². The van der Waals surface area contributed by atoms with Crippen molar-refractivity contribution >= 4 is 10.0 Å². The summed E-state index contributed by atoms with van der Waals surface area (Å²) in [7, 11) is -3.33. The van der Waals surface area contributed by atoms with Crippen LogP contribution < -0.4 is 0 Å². The van der Waals surface area contributed by atoms with E-state index in [1.54, 1.807) is 16.4 Å². The van der Waals surface area contributed by atoms with Gasteiger partial charge in [0, 0.05) is 12.6 Å². The zero-order chi connectivity index (χ0) is 15.0. The van der Waals surface area contributed by atoms with Gasteiger partial charge in [0.05, 0.1) is 4.90 Å². The fourth-order valence-corrected chi connectivity index (χ4v) is 4.15. The van der Waals surface area contributed by atoms with Crippen molar-refractivity contribution in [2.75, 3.05) is 6.54 Å². The van der Waals surface area contributed by atoms with Gasteiger partial charge in [0.2, 0.25) is 10.0 Å². The molecule has 0 aromatic heterocycles. The van der Waals surface area contributed by atoms with Gasteiger partial charge in [-0.1, -0.05) is 42.0 Å². The van der Waals surface area contributed by atoms with Crippen LogP contribution in [0.25, 0.3) is 0 Å². The summed E-state index contributed by atoms with van der Waals surface area (Å²) in [6, 6.07) is 15.3. The summed E-state index contributed by atoms with van der Waals surface area (Å²) in [5, 5.41) is 0. The number of rotatable bonds is 4. The SMILES string of the molecule is Cc1ccc(S(=O)(=O)N2CC2Cc2ccccc2C)cc1. The highest BCUT2D eigenvalue weighted by Crippen LogP contribution is 2.31. The first-order valence-corrected chi connectivity index (χ1v) is 8.55. The van der Waals surface area contributed by atoms with E-state index in [0.717, 1.165) is 12.0 Å². The minimum absolute atomic E-state index is 0.0948. The van der Waals surface area contributed by atoms with Crippen LogP contribution in [0.3, 0.4) is 0 Å². The lowest BCUT2D eigenvalue weighted by atomic mass is 10.0. The predicted molar refractivity (Wildman–Crippen MR) is 83.7 cm³/mol. The van der Waals surface area contributed by atoms with E-state index in [2.05, 4.69) is 19.1 Å². The molecule has 0 radical (unpaired) electrons. The molecule has 1 aliphatic rings. The number of sulfonamides is 1. The Morgan fingerprint density at radius 3 is 2.38 bits per heavy atom. The molecule has 0 amide bonds. The van der Waals surface area contributed by atoms with E-state index in [9.17, 15) is 8.42 Å². The van der Waals surface area contributed by atoms with Crippen LogP contribution in [0.2, 0.25) is 0 Å². The molecule has 21 heavy (non-hydrogen) atoms. The predicted octanol–water partition coefficient (Wildman–Crippen LogP) is 2.92. The molecule has 1 saturated heterocycles. The molecule has 1 aliphatic heterocycles. The Labute approximate surface area is 126 Å². The molecule has 110 valence electrons. The highest BCUT2D eigenvalue weighted by atomic mass is 32.2. The maximum Gasteiger partial charge on any atom is 0.243 e. The maximum absolute atomic E-state index is 12.5. The summed E-state index contributed by atoms with van der Waals surface area (Å²) in [6.45, 7) is 4.63. The summed E-state index contributed by atoms with van der Waals surface area (Å²) in [4.78, 5) is 0.389. The van der Waals surface area contributed by atoms with Crippen LogP contribution in [0.4, 0.5) is 0 Å². The van der Waals surface area contributed by atoms with Gasteiger partial charge in [-0.25, -0.2) is 8.42 Å². The first-order chi connectivity index (χ1) is 9.98. The third-order valence-electron chi connectivity index (χ3n) is 4.01. The summed E-state index contributed by atoms with van der Waals surface area (Å²) in [5.41, 5.74) is 3.51. The van der Waals surface area contributed by atoms with Crippen LogP contribution in [0.15, 0.2) is 53.4 Å². The zero-order valence-corrected chi connectivity index (χ0v) is 13.1. The van der Waals surface area contributed by atoms with Gasteiger partial charge in [-0.15, -0.1) is 0 Å². The third kappa shape index (κ3) is 2.87. The number of nitrogens with zero attached hydrogens (tertiary/aromatic N) is 1. The van der Waals surface area contributed by atoms with Gasteiger partial charge in [-0.05, 0) is 43.5 Å². The van der Waals surface area contributed by atoms with Crippen molar-refractivity contribution in [2.24, 2.45) is 0 Å². The smallest absolute Gasteiger partial charge is 0.207 e. The van der Waals surface area contributed by atoms with Crippen LogP contribution in [0.5, 0.6) is 0 Å². The van der Waals surface area contributed by atoms with E-state index in [-0.39, 0.29) is 6.04 Å². The lowest BCUT2D eigenvalue weighted by Gasteiger charge is -2.08. The quantitative estimate of drug-likeness (QED) is 0.814. The van der Waals surface area contributed by atoms with E-state index in [4.69, 9.17) is 0 Å². The number of aryl methyl sites for hydroxylation is 2. The molecule has 1 fully saturated rings. The highest BCUT2D eigenvalue weighted by Gasteiger charge is 2.44. The van der Waals surface area contributed by atoms with Crippen LogP contribution >= 0.6 is 0 Å². The number of hydrogen-bond donors (Lipinski definition) is 0. The first kappa shape index (κ1) is 14.3. The molecule has 0 N–H and O–H groups in total. The summed E-state index contributed by atoms with van der Waals surface area (Å²) in [6.07, 6.45) is 0.789. The largest absolute Gasteiger partial charge is 0.243 e. The Hall–Kier alpha value is -1.65. The van der Waals surface area contributed by atoms with Crippen molar-refractivity contribution in [2.45, 2.75) is 31.2 Å². The standard InChI is InChI=1S/C17H19NO2S/c1-13-7-9-17(10-8-13)21(19,20)18-12-16(18)11-15-6-4-3-5-14(15)2/h3-10,16H,11-12H2,1-2H3. The minimum atomic E-state index is -3.33. The summed E-state index contributed by atoms with van der Waals surface area (Å²) >= 11 is 0. The molecule has 4 heteroatoms. The van der Waals surface area contributed by atoms with E-state index in [1.165, 1.54) is 11.1 Å². The van der Waals surface area contributed by atoms with Crippen molar-refractivity contribution in [1.82, 2.24) is 4.31 Å². The Bertz CT molecular complexity index is 751. The van der Waals surface area contributed by atoms with Crippen molar-refractivity contribution in [3.8, 4) is 0 Å². The number of benzene rings is 2. The molecule has 2 unspecified atom stereocenters. The lowest BCUT2D eigenvalue weighted by Crippen LogP contribution is -2.15. The van der Waals surface area contributed by atoms with Gasteiger partial charge in [0.25, 0.3) is 0 Å². The van der Waals surface area contributed by atoms with Gasteiger partial charge < -0.3 is 0 Å². The van der Waals surface area contributed by atoms with Crippen LogP contribution in [0.1, 0.15) is 16.7 Å². The van der Waals surface area contributed by atoms with Crippen molar-refractivity contribution < 1.29 is 8.42 Å². The Morgan fingerprint density at radius 1 is 1.05 bits per heavy atom. The fraction of sp³-hybridized carbons (Fsp3) is 0.294. The second-order valence-electron chi connectivity index (χ2n) is 5.67. The molecule has 3 rings (SSSR count). The van der Waals surface area contributed by atoms with Crippen molar-refractivity contribution in [3.05, 3.63) is 65.2 Å². The molecule has 3 nitrogen and oxygen atoms in total. The average molecular weight is 301 g/mol. The molecule has 0 spiro atoms. The highest BCUT2D eigenvalue weighted by molar-refractivity contribution is 7.89.